The number of hydrogen-bond donors (Lipinski definition) is 0. The average molecular weight is 799 g/mol. The van der Waals surface area contributed by atoms with Gasteiger partial charge in [0, 0.05) is 76.6 Å². The van der Waals surface area contributed by atoms with Crippen LogP contribution in [0.3, 0.4) is 0 Å². The van der Waals surface area contributed by atoms with Crippen molar-refractivity contribution < 1.29 is 27.3 Å². The number of benzene rings is 4. The molecule has 0 radical (unpaired) electrons. The van der Waals surface area contributed by atoms with Gasteiger partial charge in [-0.3, -0.25) is 9.59 Å². The lowest BCUT2D eigenvalue weighted by atomic mass is 9.81. The van der Waals surface area contributed by atoms with Gasteiger partial charge in [-0.15, -0.1) is 0 Å². The van der Waals surface area contributed by atoms with Crippen molar-refractivity contribution in [3.05, 3.63) is 141 Å². The Morgan fingerprint density at radius 1 is 0.852 bits per heavy atom. The zero-order valence-electron chi connectivity index (χ0n) is 30.3. The predicted molar refractivity (Wildman–Crippen MR) is 209 cm³/mol. The summed E-state index contributed by atoms with van der Waals surface area (Å²) in [7, 11) is 3.00. The molecule has 6 nitrogen and oxygen atoms in total. The van der Waals surface area contributed by atoms with E-state index < -0.39 is 40.0 Å². The monoisotopic (exact) mass is 797 g/mol. The SMILES string of the molecule is CN(CC(CCN1CCC2(CC1)c1ccccc1C[S+]2[O-])(c1ccc(Cl)c(Cl)c1)N(C)C(=O)CC(c1ccccc1)c1ccccc1)C(=O)CC(F)(F)F. The molecule has 0 bridgehead atoms. The van der Waals surface area contributed by atoms with E-state index in [1.165, 1.54) is 7.05 Å². The molecule has 2 aliphatic rings. The second-order valence-electron chi connectivity index (χ2n) is 14.5. The summed E-state index contributed by atoms with van der Waals surface area (Å²) < 4.78 is 53.7. The summed E-state index contributed by atoms with van der Waals surface area (Å²) in [6.45, 7) is 1.51. The number of nitrogens with zero attached hydrogens (tertiary/aromatic N) is 3. The van der Waals surface area contributed by atoms with Crippen molar-refractivity contribution in [1.82, 2.24) is 14.7 Å². The van der Waals surface area contributed by atoms with E-state index in [0.717, 1.165) is 27.2 Å². The van der Waals surface area contributed by atoms with E-state index >= 15 is 0 Å². The van der Waals surface area contributed by atoms with Crippen molar-refractivity contribution in [3.8, 4) is 0 Å². The maximum Gasteiger partial charge on any atom is 0.397 e. The molecule has 1 saturated heterocycles. The van der Waals surface area contributed by atoms with E-state index in [9.17, 15) is 27.3 Å². The van der Waals surface area contributed by atoms with Gasteiger partial charge in [0.05, 0.1) is 15.6 Å². The first-order chi connectivity index (χ1) is 25.7. The third-order valence-electron chi connectivity index (χ3n) is 11.3. The maximum atomic E-state index is 14.8. The van der Waals surface area contributed by atoms with Crippen molar-refractivity contribution in [2.75, 3.05) is 40.3 Å². The summed E-state index contributed by atoms with van der Waals surface area (Å²) in [6, 6.07) is 32.5. The fourth-order valence-electron chi connectivity index (χ4n) is 8.17. The second-order valence-corrected chi connectivity index (χ2v) is 17.0. The number of likely N-dealkylation sites (tertiary alicyclic amines) is 1. The molecule has 2 unspecified atom stereocenters. The van der Waals surface area contributed by atoms with Crippen molar-refractivity contribution >= 4 is 46.2 Å². The van der Waals surface area contributed by atoms with Crippen LogP contribution >= 0.6 is 23.2 Å². The summed E-state index contributed by atoms with van der Waals surface area (Å²) in [5.41, 5.74) is 3.40. The van der Waals surface area contributed by atoms with Gasteiger partial charge < -0.3 is 19.3 Å². The Balaban J connectivity index is 1.35. The van der Waals surface area contributed by atoms with Crippen LogP contribution in [0.4, 0.5) is 13.2 Å². The van der Waals surface area contributed by atoms with Crippen molar-refractivity contribution in [1.29, 1.82) is 0 Å². The van der Waals surface area contributed by atoms with Crippen LogP contribution in [-0.4, -0.2) is 77.5 Å². The molecule has 6 rings (SSSR count). The van der Waals surface area contributed by atoms with Crippen molar-refractivity contribution in [3.63, 3.8) is 0 Å². The van der Waals surface area contributed by atoms with E-state index in [2.05, 4.69) is 11.0 Å². The average Bonchev–Trinajstić information content (AvgIpc) is 3.43. The van der Waals surface area contributed by atoms with Crippen LogP contribution in [0.2, 0.25) is 10.0 Å². The molecular formula is C42H44Cl2F3N3O3S. The molecule has 4 aromatic carbocycles. The smallest absolute Gasteiger partial charge is 0.397 e. The number of fused-ring (bicyclic) bond motifs is 2. The van der Waals surface area contributed by atoms with Gasteiger partial charge in [-0.05, 0) is 46.4 Å². The molecular weight excluding hydrogens is 754 g/mol. The first kappa shape index (κ1) is 40.1. The second kappa shape index (κ2) is 16.7. The largest absolute Gasteiger partial charge is 0.615 e. The van der Waals surface area contributed by atoms with E-state index in [4.69, 9.17) is 23.2 Å². The highest BCUT2D eigenvalue weighted by molar-refractivity contribution is 7.92. The highest BCUT2D eigenvalue weighted by Crippen LogP contribution is 2.49. The summed E-state index contributed by atoms with van der Waals surface area (Å²) >= 11 is 11.9. The Labute approximate surface area is 328 Å². The van der Waals surface area contributed by atoms with Crippen LogP contribution in [0.15, 0.2) is 103 Å². The standard InChI is InChI=1S/C42H44Cl2F3N3O3S/c1-48(39(52)27-42(45,46)47)29-40(33-17-18-36(43)37(44)25-33,19-22-50-23-20-41(21-24-50)35-16-10-9-15-32(35)28-54(41)53)49(2)38(51)26-34(30-11-5-3-6-12-30)31-13-7-4-8-14-31/h3-18,25,34H,19-24,26-29H2,1-2H3. The summed E-state index contributed by atoms with van der Waals surface area (Å²) in [6.07, 6.45) is -4.64. The quantitative estimate of drug-likeness (QED) is 0.134. The number of piperidine rings is 1. The molecule has 2 atom stereocenters. The van der Waals surface area contributed by atoms with E-state index in [1.54, 1.807) is 30.1 Å². The molecule has 2 amide bonds. The number of amides is 2. The Bertz CT molecular complexity index is 1890. The lowest BCUT2D eigenvalue weighted by molar-refractivity contribution is -0.163. The topological polar surface area (TPSA) is 66.9 Å². The van der Waals surface area contributed by atoms with E-state index in [0.29, 0.717) is 43.8 Å². The Hall–Kier alpha value is -3.54. The normalized spacial score (nSPS) is 18.0. The highest BCUT2D eigenvalue weighted by Gasteiger charge is 2.52. The van der Waals surface area contributed by atoms with Gasteiger partial charge in [-0.25, -0.2) is 0 Å². The molecule has 1 spiro atoms. The van der Waals surface area contributed by atoms with Crippen LogP contribution in [0.1, 0.15) is 65.8 Å². The van der Waals surface area contributed by atoms with E-state index in [1.807, 2.05) is 78.9 Å². The number of halogens is 5. The zero-order chi connectivity index (χ0) is 38.7. The van der Waals surface area contributed by atoms with Gasteiger partial charge in [-0.1, -0.05) is 114 Å². The van der Waals surface area contributed by atoms with Gasteiger partial charge in [-0.2, -0.15) is 13.2 Å². The summed E-state index contributed by atoms with van der Waals surface area (Å²) in [4.78, 5) is 32.8. The lowest BCUT2D eigenvalue weighted by Gasteiger charge is -2.47. The fourth-order valence-corrected chi connectivity index (χ4v) is 10.4. The van der Waals surface area contributed by atoms with Crippen LogP contribution in [0.5, 0.6) is 0 Å². The molecule has 0 saturated carbocycles. The molecule has 2 aliphatic heterocycles. The Morgan fingerprint density at radius 3 is 2.04 bits per heavy atom. The number of alkyl halides is 3. The Morgan fingerprint density at radius 2 is 1.44 bits per heavy atom. The predicted octanol–water partition coefficient (Wildman–Crippen LogP) is 8.92. The lowest BCUT2D eigenvalue weighted by Crippen LogP contribution is -2.56. The first-order valence-electron chi connectivity index (χ1n) is 18.0. The molecule has 0 aromatic heterocycles. The van der Waals surface area contributed by atoms with Crippen molar-refractivity contribution in [2.45, 2.75) is 60.2 Å². The van der Waals surface area contributed by atoms with Crippen LogP contribution in [-0.2, 0) is 36.8 Å². The number of carbonyl (C=O) groups is 2. The van der Waals surface area contributed by atoms with Gasteiger partial charge in [0.1, 0.15) is 12.2 Å². The van der Waals surface area contributed by atoms with Crippen LogP contribution in [0, 0.1) is 0 Å². The van der Waals surface area contributed by atoms with Gasteiger partial charge in [0.25, 0.3) is 0 Å². The number of carbonyl (C=O) groups excluding carboxylic acids is 2. The van der Waals surface area contributed by atoms with Gasteiger partial charge in [0.15, 0.2) is 4.75 Å². The molecule has 0 aliphatic carbocycles. The first-order valence-corrected chi connectivity index (χ1v) is 20.1. The fraction of sp³-hybridized carbons (Fsp3) is 0.381. The third kappa shape index (κ3) is 8.63. The van der Waals surface area contributed by atoms with Gasteiger partial charge in [0.2, 0.25) is 11.8 Å². The molecule has 1 fully saturated rings. The number of likely N-dealkylation sites (N-methyl/N-ethyl adjacent to an activating group) is 2. The van der Waals surface area contributed by atoms with Crippen LogP contribution < -0.4 is 0 Å². The molecule has 0 N–H and O–H groups in total. The zero-order valence-corrected chi connectivity index (χ0v) is 32.7. The summed E-state index contributed by atoms with van der Waals surface area (Å²) in [5.74, 6) is -1.14. The minimum atomic E-state index is -4.71. The van der Waals surface area contributed by atoms with Crippen molar-refractivity contribution in [2.24, 2.45) is 0 Å². The molecule has 2 heterocycles. The Kier molecular flexibility index (Phi) is 12.4. The maximum absolute atomic E-state index is 14.8. The molecule has 4 aromatic rings. The summed E-state index contributed by atoms with van der Waals surface area (Å²) in [5, 5.41) is 0.501. The van der Waals surface area contributed by atoms with E-state index in [-0.39, 0.29) is 41.3 Å². The minimum Gasteiger partial charge on any atom is -0.615 e. The molecule has 286 valence electrons. The highest BCUT2D eigenvalue weighted by atomic mass is 35.5. The third-order valence-corrected chi connectivity index (χ3v) is 14.1. The molecule has 12 heteroatoms. The minimum absolute atomic E-state index is 0.0608. The van der Waals surface area contributed by atoms with Crippen LogP contribution in [0.25, 0.3) is 0 Å². The number of rotatable bonds is 12. The number of hydrogen-bond acceptors (Lipinski definition) is 4. The molecule has 54 heavy (non-hydrogen) atoms. The van der Waals surface area contributed by atoms with Gasteiger partial charge >= 0.3 is 6.18 Å².